The zero-order valence-corrected chi connectivity index (χ0v) is 13.2. The third-order valence-electron chi connectivity index (χ3n) is 3.61. The quantitative estimate of drug-likeness (QED) is 0.467. The van der Waals surface area contributed by atoms with E-state index in [1.165, 1.54) is 13.8 Å². The Kier molecular flexibility index (Phi) is 5.68. The summed E-state index contributed by atoms with van der Waals surface area (Å²) in [6, 6.07) is 0. The Morgan fingerprint density at radius 3 is 2.25 bits per heavy atom. The van der Waals surface area contributed by atoms with E-state index in [-0.39, 0.29) is 12.0 Å². The van der Waals surface area contributed by atoms with Crippen molar-refractivity contribution in [1.82, 2.24) is 0 Å². The summed E-state index contributed by atoms with van der Waals surface area (Å²) in [7, 11) is 0. The van der Waals surface area contributed by atoms with Gasteiger partial charge in [0.25, 0.3) is 0 Å². The fourth-order valence-electron chi connectivity index (χ4n) is 2.42. The molecular weight excluding hydrogens is 320 g/mol. The molecule has 24 heavy (non-hydrogen) atoms. The number of hydrogen-bond donors (Lipinski definition) is 3. The highest BCUT2D eigenvalue weighted by Gasteiger charge is 2.43. The number of aliphatic carboxylic acids is 3. The van der Waals surface area contributed by atoms with E-state index in [4.69, 9.17) is 9.84 Å². The van der Waals surface area contributed by atoms with Crippen molar-refractivity contribution in [2.24, 2.45) is 5.41 Å². The van der Waals surface area contributed by atoms with E-state index in [0.717, 1.165) is 12.2 Å². The lowest BCUT2D eigenvalue weighted by molar-refractivity contribution is -0.153. The lowest BCUT2D eigenvalue weighted by atomic mass is 9.72. The predicted octanol–water partition coefficient (Wildman–Crippen LogP) is 1.38. The van der Waals surface area contributed by atoms with Crippen molar-refractivity contribution in [2.45, 2.75) is 32.8 Å². The molecule has 0 amide bonds. The highest BCUT2D eigenvalue weighted by Crippen LogP contribution is 2.39. The summed E-state index contributed by atoms with van der Waals surface area (Å²) in [5.74, 6) is -4.98. The zero-order valence-electron chi connectivity index (χ0n) is 13.2. The van der Waals surface area contributed by atoms with E-state index in [9.17, 15) is 29.4 Å². The van der Waals surface area contributed by atoms with Gasteiger partial charge >= 0.3 is 23.9 Å². The molecule has 0 saturated carbocycles. The second-order valence-electron chi connectivity index (χ2n) is 5.67. The van der Waals surface area contributed by atoms with E-state index < -0.39 is 53.0 Å². The van der Waals surface area contributed by atoms with Gasteiger partial charge in [-0.1, -0.05) is 12.7 Å². The van der Waals surface area contributed by atoms with Crippen LogP contribution in [0.15, 0.2) is 35.5 Å². The van der Waals surface area contributed by atoms with Crippen molar-refractivity contribution in [3.05, 3.63) is 35.5 Å². The summed E-state index contributed by atoms with van der Waals surface area (Å²) < 4.78 is 5.04. The first-order valence-electron chi connectivity index (χ1n) is 6.99. The Balaban J connectivity index is 3.13. The molecule has 130 valence electrons. The number of carboxylic acids is 3. The van der Waals surface area contributed by atoms with Crippen molar-refractivity contribution in [1.29, 1.82) is 0 Å². The Bertz CT molecular complexity index is 670. The number of rotatable bonds is 7. The maximum atomic E-state index is 11.7. The Hall–Kier alpha value is -2.90. The van der Waals surface area contributed by atoms with Crippen molar-refractivity contribution in [3.63, 3.8) is 0 Å². The van der Waals surface area contributed by atoms with Gasteiger partial charge in [-0.2, -0.15) is 0 Å². The molecule has 0 heterocycles. The van der Waals surface area contributed by atoms with Crippen LogP contribution in [-0.2, 0) is 23.9 Å². The van der Waals surface area contributed by atoms with Crippen LogP contribution >= 0.6 is 0 Å². The van der Waals surface area contributed by atoms with Gasteiger partial charge in [-0.3, -0.25) is 4.79 Å². The van der Waals surface area contributed by atoms with Gasteiger partial charge in [-0.15, -0.1) is 0 Å². The molecule has 0 aromatic carbocycles. The van der Waals surface area contributed by atoms with Crippen molar-refractivity contribution < 1.29 is 39.2 Å². The molecule has 0 bridgehead atoms. The van der Waals surface area contributed by atoms with Crippen molar-refractivity contribution in [2.75, 3.05) is 0 Å². The first-order valence-corrected chi connectivity index (χ1v) is 6.99. The van der Waals surface area contributed by atoms with Crippen LogP contribution in [0.4, 0.5) is 0 Å². The first-order chi connectivity index (χ1) is 11.0. The van der Waals surface area contributed by atoms with Gasteiger partial charge in [-0.05, 0) is 19.9 Å². The number of hydrogen-bond acceptors (Lipinski definition) is 5. The molecule has 2 unspecified atom stereocenters. The molecule has 2 atom stereocenters. The van der Waals surface area contributed by atoms with Crippen LogP contribution in [0.25, 0.3) is 0 Å². The van der Waals surface area contributed by atoms with Crippen LogP contribution in [0.5, 0.6) is 0 Å². The Labute approximate surface area is 137 Å². The van der Waals surface area contributed by atoms with Crippen molar-refractivity contribution in [3.8, 4) is 0 Å². The van der Waals surface area contributed by atoms with E-state index in [1.807, 2.05) is 0 Å². The van der Waals surface area contributed by atoms with Gasteiger partial charge in [0, 0.05) is 18.4 Å². The van der Waals surface area contributed by atoms with Gasteiger partial charge < -0.3 is 20.1 Å². The second kappa shape index (κ2) is 7.12. The van der Waals surface area contributed by atoms with Crippen LogP contribution in [0.1, 0.15) is 26.7 Å². The Morgan fingerprint density at radius 2 is 1.83 bits per heavy atom. The van der Waals surface area contributed by atoms with Gasteiger partial charge in [0.05, 0.1) is 16.6 Å². The van der Waals surface area contributed by atoms with Crippen molar-refractivity contribution >= 4 is 23.9 Å². The molecule has 0 saturated heterocycles. The summed E-state index contributed by atoms with van der Waals surface area (Å²) in [5.41, 5.74) is -2.51. The molecule has 1 aliphatic rings. The highest BCUT2D eigenvalue weighted by molar-refractivity contribution is 6.02. The van der Waals surface area contributed by atoms with E-state index in [1.54, 1.807) is 0 Å². The molecule has 0 aromatic heterocycles. The summed E-state index contributed by atoms with van der Waals surface area (Å²) >= 11 is 0. The maximum Gasteiger partial charge on any atom is 0.336 e. The number of carbonyl (C=O) groups is 4. The number of carboxylic acid groups (broad SMARTS) is 3. The smallest absolute Gasteiger partial charge is 0.336 e. The standard InChI is InChI=1S/C16H18O8/c1-8(2)14(21)24-9(3)6-16(15(22)23)5-4-10(12(17)18)11(7-16)13(19)20/h4-5,9H,1,6-7H2,2-3H3,(H,17,18)(H,19,20)(H,22,23). The van der Waals surface area contributed by atoms with Crippen LogP contribution in [0.3, 0.4) is 0 Å². The summed E-state index contributed by atoms with van der Waals surface area (Å²) in [6.45, 7) is 6.32. The fourth-order valence-corrected chi connectivity index (χ4v) is 2.42. The number of carbonyl (C=O) groups excluding carboxylic acids is 1. The molecule has 3 N–H and O–H groups in total. The Morgan fingerprint density at radius 1 is 1.25 bits per heavy atom. The molecule has 0 aliphatic heterocycles. The molecule has 1 aliphatic carbocycles. The third kappa shape index (κ3) is 4.09. The lowest BCUT2D eigenvalue weighted by Crippen LogP contribution is -2.37. The lowest BCUT2D eigenvalue weighted by Gasteiger charge is -2.31. The predicted molar refractivity (Wildman–Crippen MR) is 81.1 cm³/mol. The first kappa shape index (κ1) is 19.1. The molecule has 0 aromatic rings. The normalized spacial score (nSPS) is 21.1. The van der Waals surface area contributed by atoms with Crippen LogP contribution in [0.2, 0.25) is 0 Å². The molecule has 1 rings (SSSR count). The second-order valence-corrected chi connectivity index (χ2v) is 5.67. The molecule has 0 fully saturated rings. The zero-order chi connectivity index (χ0) is 18.7. The maximum absolute atomic E-state index is 11.7. The highest BCUT2D eigenvalue weighted by atomic mass is 16.5. The van der Waals surface area contributed by atoms with Crippen LogP contribution in [-0.4, -0.2) is 45.3 Å². The molecule has 0 spiro atoms. The largest absolute Gasteiger partial charge is 0.481 e. The molecule has 8 heteroatoms. The minimum atomic E-state index is -1.68. The van der Waals surface area contributed by atoms with Crippen LogP contribution < -0.4 is 0 Å². The van der Waals surface area contributed by atoms with E-state index in [2.05, 4.69) is 6.58 Å². The van der Waals surface area contributed by atoms with Gasteiger partial charge in [-0.25, -0.2) is 14.4 Å². The minimum Gasteiger partial charge on any atom is -0.481 e. The van der Waals surface area contributed by atoms with E-state index in [0.29, 0.717) is 0 Å². The number of esters is 1. The van der Waals surface area contributed by atoms with Gasteiger partial charge in [0.15, 0.2) is 0 Å². The molecule has 0 radical (unpaired) electrons. The molecular formula is C16H18O8. The minimum absolute atomic E-state index is 0.143. The summed E-state index contributed by atoms with van der Waals surface area (Å²) in [6.07, 6.45) is 0.538. The SMILES string of the molecule is C=C(C)C(=O)OC(C)CC1(C(=O)O)C=CC(C(=O)O)=C(C(=O)O)C1. The summed E-state index contributed by atoms with van der Waals surface area (Å²) in [5, 5.41) is 27.7. The molecule has 8 nitrogen and oxygen atoms in total. The summed E-state index contributed by atoms with van der Waals surface area (Å²) in [4.78, 5) is 45.6. The monoisotopic (exact) mass is 338 g/mol. The average Bonchev–Trinajstić information content (AvgIpc) is 2.46. The number of ether oxygens (including phenoxy) is 1. The van der Waals surface area contributed by atoms with Crippen LogP contribution in [0, 0.1) is 5.41 Å². The topological polar surface area (TPSA) is 138 Å². The average molecular weight is 338 g/mol. The third-order valence-corrected chi connectivity index (χ3v) is 3.61. The van der Waals surface area contributed by atoms with Gasteiger partial charge in [0.2, 0.25) is 0 Å². The van der Waals surface area contributed by atoms with Gasteiger partial charge in [0.1, 0.15) is 6.10 Å². The van der Waals surface area contributed by atoms with E-state index >= 15 is 0 Å². The fraction of sp³-hybridized carbons (Fsp3) is 0.375.